The van der Waals surface area contributed by atoms with Crippen molar-refractivity contribution in [3.63, 3.8) is 0 Å². The van der Waals surface area contributed by atoms with Crippen molar-refractivity contribution in [2.75, 3.05) is 7.05 Å². The van der Waals surface area contributed by atoms with Gasteiger partial charge in [-0.05, 0) is 25.7 Å². The van der Waals surface area contributed by atoms with Gasteiger partial charge in [0.15, 0.2) is 5.69 Å². The Bertz CT molecular complexity index is 342. The monoisotopic (exact) mass is 223 g/mol. The van der Waals surface area contributed by atoms with Crippen molar-refractivity contribution in [1.82, 2.24) is 20.3 Å². The molecule has 0 bridgehead atoms. The molecule has 1 amide bonds. The number of carbonyl (C=O) groups is 1. The van der Waals surface area contributed by atoms with Crippen molar-refractivity contribution in [2.24, 2.45) is 5.73 Å². The Labute approximate surface area is 94.2 Å². The van der Waals surface area contributed by atoms with Crippen molar-refractivity contribution in [1.29, 1.82) is 0 Å². The van der Waals surface area contributed by atoms with Gasteiger partial charge in [0.25, 0.3) is 5.91 Å². The number of hydrogen-bond donors (Lipinski definition) is 2. The number of nitrogens with two attached hydrogens (primary N) is 1. The molecule has 1 saturated carbocycles. The van der Waals surface area contributed by atoms with E-state index in [1.54, 1.807) is 4.90 Å². The summed E-state index contributed by atoms with van der Waals surface area (Å²) in [4.78, 5) is 13.7. The van der Waals surface area contributed by atoms with E-state index in [0.29, 0.717) is 11.7 Å². The Balaban J connectivity index is 1.97. The van der Waals surface area contributed by atoms with E-state index >= 15 is 0 Å². The molecule has 16 heavy (non-hydrogen) atoms. The number of nitrogens with zero attached hydrogens (tertiary/aromatic N) is 3. The number of hydrogen-bond acceptors (Lipinski definition) is 4. The van der Waals surface area contributed by atoms with Crippen LogP contribution < -0.4 is 5.73 Å². The second-order valence-electron chi connectivity index (χ2n) is 4.34. The highest BCUT2D eigenvalue weighted by molar-refractivity contribution is 5.91. The normalized spacial score (nSPS) is 25.4. The highest BCUT2D eigenvalue weighted by Crippen LogP contribution is 2.21. The molecule has 88 valence electrons. The first kappa shape index (κ1) is 11.1. The molecule has 3 N–H and O–H groups in total. The molecule has 0 saturated heterocycles. The summed E-state index contributed by atoms with van der Waals surface area (Å²) in [5, 5.41) is 9.88. The molecule has 2 rings (SSSR count). The number of aromatic nitrogens is 3. The largest absolute Gasteiger partial charge is 0.337 e. The van der Waals surface area contributed by atoms with E-state index in [1.807, 2.05) is 7.05 Å². The maximum Gasteiger partial charge on any atom is 0.276 e. The van der Waals surface area contributed by atoms with Gasteiger partial charge in [-0.1, -0.05) is 0 Å². The summed E-state index contributed by atoms with van der Waals surface area (Å²) < 4.78 is 0. The summed E-state index contributed by atoms with van der Waals surface area (Å²) in [7, 11) is 1.82. The average molecular weight is 223 g/mol. The molecule has 6 nitrogen and oxygen atoms in total. The zero-order valence-electron chi connectivity index (χ0n) is 9.39. The lowest BCUT2D eigenvalue weighted by atomic mass is 9.91. The summed E-state index contributed by atoms with van der Waals surface area (Å²) in [6, 6.07) is 0.579. The van der Waals surface area contributed by atoms with Crippen LogP contribution in [-0.2, 0) is 0 Å². The van der Waals surface area contributed by atoms with Crippen LogP contribution in [0.15, 0.2) is 6.20 Å². The second-order valence-corrected chi connectivity index (χ2v) is 4.34. The molecular formula is C10H17N5O. The minimum absolute atomic E-state index is 0.0748. The van der Waals surface area contributed by atoms with E-state index in [-0.39, 0.29) is 11.9 Å². The van der Waals surface area contributed by atoms with Crippen LogP contribution in [0, 0.1) is 0 Å². The zero-order chi connectivity index (χ0) is 11.5. The van der Waals surface area contributed by atoms with E-state index in [2.05, 4.69) is 15.4 Å². The molecule has 1 aliphatic rings. The van der Waals surface area contributed by atoms with Gasteiger partial charge < -0.3 is 10.6 Å². The number of nitrogens with one attached hydrogen (secondary N) is 1. The maximum absolute atomic E-state index is 12.0. The van der Waals surface area contributed by atoms with Crippen molar-refractivity contribution in [3.8, 4) is 0 Å². The van der Waals surface area contributed by atoms with E-state index in [9.17, 15) is 4.79 Å². The van der Waals surface area contributed by atoms with Crippen molar-refractivity contribution < 1.29 is 4.79 Å². The Hall–Kier alpha value is -1.43. The fourth-order valence-electron chi connectivity index (χ4n) is 2.14. The average Bonchev–Trinajstić information content (AvgIpc) is 2.81. The third-order valence-electron chi connectivity index (χ3n) is 3.24. The molecular weight excluding hydrogens is 206 g/mol. The summed E-state index contributed by atoms with van der Waals surface area (Å²) in [6.45, 7) is 0. The van der Waals surface area contributed by atoms with Gasteiger partial charge in [0, 0.05) is 19.1 Å². The molecule has 1 aromatic heterocycles. The summed E-state index contributed by atoms with van der Waals surface area (Å²) >= 11 is 0. The van der Waals surface area contributed by atoms with Crippen LogP contribution in [0.4, 0.5) is 0 Å². The lowest BCUT2D eigenvalue weighted by Crippen LogP contribution is -2.42. The van der Waals surface area contributed by atoms with Gasteiger partial charge >= 0.3 is 0 Å². The van der Waals surface area contributed by atoms with Gasteiger partial charge in [-0.25, -0.2) is 0 Å². The Kier molecular flexibility index (Phi) is 3.19. The highest BCUT2D eigenvalue weighted by atomic mass is 16.2. The predicted molar refractivity (Wildman–Crippen MR) is 58.7 cm³/mol. The standard InChI is InChI=1S/C10H17N5O/c1-15(8-4-2-7(11)3-5-8)10(16)9-6-12-14-13-9/h6-8H,2-5,11H2,1H3,(H,12,13,14). The van der Waals surface area contributed by atoms with Crippen LogP contribution in [0.3, 0.4) is 0 Å². The van der Waals surface area contributed by atoms with Gasteiger partial charge in [0.05, 0.1) is 6.20 Å². The quantitative estimate of drug-likeness (QED) is 0.746. The third-order valence-corrected chi connectivity index (χ3v) is 3.24. The molecule has 0 aliphatic heterocycles. The topological polar surface area (TPSA) is 87.9 Å². The molecule has 1 fully saturated rings. The van der Waals surface area contributed by atoms with Crippen LogP contribution in [0.25, 0.3) is 0 Å². The first-order chi connectivity index (χ1) is 7.68. The van der Waals surface area contributed by atoms with E-state index in [1.165, 1.54) is 6.20 Å². The SMILES string of the molecule is CN(C(=O)c1cn[nH]n1)C1CCC(N)CC1. The van der Waals surface area contributed by atoms with Crippen LogP contribution in [0.5, 0.6) is 0 Å². The van der Waals surface area contributed by atoms with Gasteiger partial charge in [-0.3, -0.25) is 4.79 Å². The van der Waals surface area contributed by atoms with Crippen LogP contribution in [0.2, 0.25) is 0 Å². The third kappa shape index (κ3) is 2.21. The minimum atomic E-state index is -0.0748. The van der Waals surface area contributed by atoms with Gasteiger partial charge in [0.2, 0.25) is 0 Å². The van der Waals surface area contributed by atoms with E-state index < -0.39 is 0 Å². The highest BCUT2D eigenvalue weighted by Gasteiger charge is 2.26. The van der Waals surface area contributed by atoms with E-state index in [4.69, 9.17) is 5.73 Å². The second kappa shape index (κ2) is 4.61. The molecule has 1 heterocycles. The summed E-state index contributed by atoms with van der Waals surface area (Å²) in [5.74, 6) is -0.0748. The number of aromatic amines is 1. The van der Waals surface area contributed by atoms with Gasteiger partial charge in [-0.15, -0.1) is 0 Å². The fraction of sp³-hybridized carbons (Fsp3) is 0.700. The van der Waals surface area contributed by atoms with Gasteiger partial charge in [0.1, 0.15) is 0 Å². The first-order valence-electron chi connectivity index (χ1n) is 5.57. The predicted octanol–water partition coefficient (Wildman–Crippen LogP) is 0.147. The molecule has 0 atom stereocenters. The van der Waals surface area contributed by atoms with Crippen molar-refractivity contribution >= 4 is 5.91 Å². The maximum atomic E-state index is 12.0. The molecule has 0 spiro atoms. The number of H-pyrrole nitrogens is 1. The summed E-state index contributed by atoms with van der Waals surface area (Å²) in [6.07, 6.45) is 5.37. The molecule has 0 aromatic carbocycles. The lowest BCUT2D eigenvalue weighted by Gasteiger charge is -2.33. The lowest BCUT2D eigenvalue weighted by molar-refractivity contribution is 0.0684. The Morgan fingerprint density at radius 2 is 2.19 bits per heavy atom. The van der Waals surface area contributed by atoms with Crippen LogP contribution >= 0.6 is 0 Å². The molecule has 0 radical (unpaired) electrons. The van der Waals surface area contributed by atoms with E-state index in [0.717, 1.165) is 25.7 Å². The van der Waals surface area contributed by atoms with Crippen LogP contribution in [-0.4, -0.2) is 45.3 Å². The first-order valence-corrected chi connectivity index (χ1v) is 5.57. The van der Waals surface area contributed by atoms with Crippen LogP contribution in [0.1, 0.15) is 36.2 Å². The minimum Gasteiger partial charge on any atom is -0.337 e. The Morgan fingerprint density at radius 3 is 2.75 bits per heavy atom. The van der Waals surface area contributed by atoms with Gasteiger partial charge in [-0.2, -0.15) is 15.4 Å². The summed E-state index contributed by atoms with van der Waals surface area (Å²) in [5.41, 5.74) is 6.21. The fourth-order valence-corrected chi connectivity index (χ4v) is 2.14. The number of rotatable bonds is 2. The molecule has 1 aliphatic carbocycles. The molecule has 6 heteroatoms. The zero-order valence-corrected chi connectivity index (χ0v) is 9.39. The number of carbonyl (C=O) groups excluding carboxylic acids is 1. The number of amides is 1. The molecule has 0 unspecified atom stereocenters. The van der Waals surface area contributed by atoms with Crippen molar-refractivity contribution in [3.05, 3.63) is 11.9 Å². The Morgan fingerprint density at radius 1 is 1.50 bits per heavy atom. The van der Waals surface area contributed by atoms with Crippen molar-refractivity contribution in [2.45, 2.75) is 37.8 Å². The molecule has 1 aromatic rings. The smallest absolute Gasteiger partial charge is 0.276 e.